The molecule has 0 saturated carbocycles. The molecule has 10 heteroatoms. The molecule has 1 aromatic heterocycles. The van der Waals surface area contributed by atoms with Crippen molar-refractivity contribution < 1.29 is 13.2 Å². The van der Waals surface area contributed by atoms with Gasteiger partial charge in [0.15, 0.2) is 0 Å². The Hall–Kier alpha value is -1.78. The largest absolute Gasteiger partial charge is 0.354 e. The molecule has 1 aliphatic heterocycles. The summed E-state index contributed by atoms with van der Waals surface area (Å²) in [5, 5.41) is 11.4. The Balaban J connectivity index is 1.61. The molecule has 0 saturated heterocycles. The van der Waals surface area contributed by atoms with E-state index in [1.54, 1.807) is 12.1 Å². The Kier molecular flexibility index (Phi) is 7.65. The van der Waals surface area contributed by atoms with Crippen LogP contribution in [0, 0.1) is 5.92 Å². The third-order valence-corrected chi connectivity index (χ3v) is 7.17. The van der Waals surface area contributed by atoms with Gasteiger partial charge in [-0.2, -0.15) is 4.72 Å². The van der Waals surface area contributed by atoms with Crippen LogP contribution in [0.25, 0.3) is 0 Å². The predicted molar refractivity (Wildman–Crippen MR) is 117 cm³/mol. The summed E-state index contributed by atoms with van der Waals surface area (Å²) >= 11 is 3.29. The van der Waals surface area contributed by atoms with Crippen molar-refractivity contribution in [3.05, 3.63) is 40.4 Å². The maximum atomic E-state index is 12.7. The van der Waals surface area contributed by atoms with Gasteiger partial charge in [0.2, 0.25) is 15.9 Å². The van der Waals surface area contributed by atoms with Crippen molar-refractivity contribution in [3.8, 4) is 0 Å². The number of nitrogens with zero attached hydrogens (tertiary/aromatic N) is 3. The monoisotopic (exact) mass is 497 g/mol. The van der Waals surface area contributed by atoms with E-state index >= 15 is 0 Å². The van der Waals surface area contributed by atoms with Gasteiger partial charge in [0.05, 0.1) is 4.90 Å². The van der Waals surface area contributed by atoms with Gasteiger partial charge in [0.1, 0.15) is 17.7 Å². The second-order valence-electron chi connectivity index (χ2n) is 7.83. The van der Waals surface area contributed by atoms with E-state index in [1.807, 2.05) is 13.8 Å². The molecule has 0 fully saturated rings. The predicted octanol–water partition coefficient (Wildman–Crippen LogP) is 2.43. The highest BCUT2D eigenvalue weighted by molar-refractivity contribution is 9.10. The quantitative estimate of drug-likeness (QED) is 0.582. The number of amides is 1. The van der Waals surface area contributed by atoms with Crippen LogP contribution >= 0.6 is 15.9 Å². The first kappa shape index (κ1) is 22.9. The van der Waals surface area contributed by atoms with Crippen molar-refractivity contribution in [2.24, 2.45) is 5.92 Å². The van der Waals surface area contributed by atoms with Crippen LogP contribution in [0.1, 0.15) is 44.8 Å². The molecular weight excluding hydrogens is 470 g/mol. The third-order valence-electron chi connectivity index (χ3n) is 5.19. The molecule has 1 aromatic carbocycles. The molecule has 2 heterocycles. The summed E-state index contributed by atoms with van der Waals surface area (Å²) in [6, 6.07) is 5.44. The molecule has 2 N–H and O–H groups in total. The van der Waals surface area contributed by atoms with Gasteiger partial charge in [-0.1, -0.05) is 36.2 Å². The number of sulfonamides is 1. The number of halogens is 1. The van der Waals surface area contributed by atoms with Gasteiger partial charge < -0.3 is 9.88 Å². The molecule has 0 radical (unpaired) electrons. The lowest BCUT2D eigenvalue weighted by atomic mass is 10.1. The van der Waals surface area contributed by atoms with Crippen molar-refractivity contribution in [2.75, 3.05) is 6.54 Å². The van der Waals surface area contributed by atoms with Gasteiger partial charge in [-0.15, -0.1) is 10.2 Å². The average Bonchev–Trinajstić information content (AvgIpc) is 2.92. The molecule has 164 valence electrons. The van der Waals surface area contributed by atoms with E-state index in [-0.39, 0.29) is 16.7 Å². The summed E-state index contributed by atoms with van der Waals surface area (Å²) in [7, 11) is -3.81. The van der Waals surface area contributed by atoms with E-state index in [1.165, 1.54) is 18.6 Å². The van der Waals surface area contributed by atoms with E-state index in [0.717, 1.165) is 41.9 Å². The minimum absolute atomic E-state index is 0.121. The number of carbonyl (C=O) groups is 1. The number of benzene rings is 1. The van der Waals surface area contributed by atoms with Crippen molar-refractivity contribution >= 4 is 31.9 Å². The highest BCUT2D eigenvalue weighted by atomic mass is 79.9. The number of hydrogen-bond acceptors (Lipinski definition) is 5. The molecule has 8 nitrogen and oxygen atoms in total. The molecule has 1 atom stereocenters. The van der Waals surface area contributed by atoms with Crippen molar-refractivity contribution in [3.63, 3.8) is 0 Å². The second kappa shape index (κ2) is 10.0. The van der Waals surface area contributed by atoms with Crippen molar-refractivity contribution in [1.29, 1.82) is 0 Å². The molecule has 30 heavy (non-hydrogen) atoms. The van der Waals surface area contributed by atoms with E-state index in [4.69, 9.17) is 0 Å². The standard InChI is InChI=1S/C20H28BrN5O3S/c1-14(2)19(25-30(28,29)16-9-7-15(21)8-10-16)20(27)22-12-11-18-24-23-17-6-4-3-5-13-26(17)18/h7-10,14,19,25H,3-6,11-13H2,1-2H3,(H,22,27)/t19-/m0/s1. The average molecular weight is 498 g/mol. The zero-order valence-electron chi connectivity index (χ0n) is 17.3. The Bertz CT molecular complexity index is 973. The van der Waals surface area contributed by atoms with Gasteiger partial charge in [-0.05, 0) is 43.0 Å². The van der Waals surface area contributed by atoms with Crippen LogP contribution in [0.2, 0.25) is 0 Å². The van der Waals surface area contributed by atoms with Crippen LogP contribution in [0.5, 0.6) is 0 Å². The third kappa shape index (κ3) is 5.67. The number of fused-ring (bicyclic) bond motifs is 1. The van der Waals surface area contributed by atoms with Gasteiger partial charge >= 0.3 is 0 Å². The van der Waals surface area contributed by atoms with E-state index in [2.05, 4.69) is 40.7 Å². The topological polar surface area (TPSA) is 106 Å². The molecular formula is C20H28BrN5O3S. The lowest BCUT2D eigenvalue weighted by Gasteiger charge is -2.21. The molecule has 0 unspecified atom stereocenters. The van der Waals surface area contributed by atoms with Crippen LogP contribution in [-0.4, -0.2) is 41.7 Å². The fourth-order valence-electron chi connectivity index (χ4n) is 3.48. The Morgan fingerprint density at radius 3 is 2.60 bits per heavy atom. The first-order chi connectivity index (χ1) is 14.3. The van der Waals surface area contributed by atoms with Crippen LogP contribution in [0.15, 0.2) is 33.6 Å². The fourth-order valence-corrected chi connectivity index (χ4v) is 5.09. The second-order valence-corrected chi connectivity index (χ2v) is 10.5. The summed E-state index contributed by atoms with van der Waals surface area (Å²) in [6.45, 7) is 4.91. The van der Waals surface area contributed by atoms with Crippen LogP contribution in [0.4, 0.5) is 0 Å². The number of carbonyl (C=O) groups excluding carboxylic acids is 1. The minimum atomic E-state index is -3.81. The number of aromatic nitrogens is 3. The Morgan fingerprint density at radius 2 is 1.90 bits per heavy atom. The smallest absolute Gasteiger partial charge is 0.241 e. The van der Waals surface area contributed by atoms with Gasteiger partial charge in [-0.25, -0.2) is 8.42 Å². The molecule has 3 rings (SSSR count). The lowest BCUT2D eigenvalue weighted by molar-refractivity contribution is -0.123. The van der Waals surface area contributed by atoms with Crippen LogP contribution < -0.4 is 10.0 Å². The SMILES string of the molecule is CC(C)[C@H](NS(=O)(=O)c1ccc(Br)cc1)C(=O)NCCc1nnc2n1CCCCC2. The highest BCUT2D eigenvalue weighted by Crippen LogP contribution is 2.17. The number of nitrogens with one attached hydrogen (secondary N) is 2. The van der Waals surface area contributed by atoms with Gasteiger partial charge in [0, 0.05) is 30.4 Å². The summed E-state index contributed by atoms with van der Waals surface area (Å²) in [5.41, 5.74) is 0. The summed E-state index contributed by atoms with van der Waals surface area (Å²) in [4.78, 5) is 12.9. The molecule has 0 aliphatic carbocycles. The molecule has 0 spiro atoms. The van der Waals surface area contributed by atoms with Crippen LogP contribution in [-0.2, 0) is 34.2 Å². The number of rotatable bonds is 8. The lowest BCUT2D eigenvalue weighted by Crippen LogP contribution is -2.50. The van der Waals surface area contributed by atoms with Crippen molar-refractivity contribution in [2.45, 2.75) is 63.4 Å². The Labute approximate surface area is 186 Å². The Morgan fingerprint density at radius 1 is 1.17 bits per heavy atom. The minimum Gasteiger partial charge on any atom is -0.354 e. The van der Waals surface area contributed by atoms with E-state index in [9.17, 15) is 13.2 Å². The maximum Gasteiger partial charge on any atom is 0.241 e. The maximum absolute atomic E-state index is 12.7. The van der Waals surface area contributed by atoms with Gasteiger partial charge in [0.25, 0.3) is 0 Å². The normalized spacial score (nSPS) is 15.5. The molecule has 2 aromatic rings. The van der Waals surface area contributed by atoms with E-state index < -0.39 is 16.1 Å². The first-order valence-corrected chi connectivity index (χ1v) is 12.5. The number of hydrogen-bond donors (Lipinski definition) is 2. The van der Waals surface area contributed by atoms with Crippen LogP contribution in [0.3, 0.4) is 0 Å². The summed E-state index contributed by atoms with van der Waals surface area (Å²) in [5.74, 6) is 1.32. The fraction of sp³-hybridized carbons (Fsp3) is 0.550. The summed E-state index contributed by atoms with van der Waals surface area (Å²) in [6.07, 6.45) is 4.92. The van der Waals surface area contributed by atoms with Gasteiger partial charge in [-0.3, -0.25) is 4.79 Å². The first-order valence-electron chi connectivity index (χ1n) is 10.2. The zero-order chi connectivity index (χ0) is 21.7. The zero-order valence-corrected chi connectivity index (χ0v) is 19.7. The molecule has 0 bridgehead atoms. The highest BCUT2D eigenvalue weighted by Gasteiger charge is 2.28. The molecule has 1 aliphatic rings. The number of aryl methyl sites for hydroxylation is 1. The van der Waals surface area contributed by atoms with E-state index in [0.29, 0.717) is 13.0 Å². The molecule has 1 amide bonds. The van der Waals surface area contributed by atoms with Crippen molar-refractivity contribution in [1.82, 2.24) is 24.8 Å². The summed E-state index contributed by atoms with van der Waals surface area (Å²) < 4.78 is 30.9.